The Hall–Kier alpha value is -3.40. The van der Waals surface area contributed by atoms with Crippen LogP contribution >= 0.6 is 11.6 Å². The summed E-state index contributed by atoms with van der Waals surface area (Å²) in [6.45, 7) is 8.38. The Morgan fingerprint density at radius 3 is 2.04 bits per heavy atom. The maximum atomic E-state index is 12.0. The molecule has 2 aromatic rings. The molecule has 3 aliphatic rings. The molecular formula is C37H45ClN2O13S4. The van der Waals surface area contributed by atoms with Gasteiger partial charge in [0.15, 0.2) is 5.71 Å². The van der Waals surface area contributed by atoms with Gasteiger partial charge in [-0.25, -0.2) is 8.42 Å². The Morgan fingerprint density at radius 2 is 1.42 bits per heavy atom. The molecule has 20 heteroatoms. The van der Waals surface area contributed by atoms with Crippen molar-refractivity contribution in [3.05, 3.63) is 93.9 Å². The van der Waals surface area contributed by atoms with Gasteiger partial charge in [-0.1, -0.05) is 31.5 Å². The molecular weight excluding hydrogens is 844 g/mol. The van der Waals surface area contributed by atoms with Crippen LogP contribution in [-0.4, -0.2) is 93.4 Å². The Kier molecular flexibility index (Phi) is 12.8. The van der Waals surface area contributed by atoms with Crippen molar-refractivity contribution in [2.75, 3.05) is 36.1 Å². The van der Waals surface area contributed by atoms with Gasteiger partial charge in [0, 0.05) is 53.9 Å². The molecule has 2 aromatic carbocycles. The largest absolute Gasteiger partial charge is 0.744 e. The van der Waals surface area contributed by atoms with Gasteiger partial charge in [-0.2, -0.15) is 29.8 Å². The molecule has 0 fully saturated rings. The molecule has 15 nitrogen and oxygen atoms in total. The molecule has 0 atom stereocenters. The number of nitrogens with zero attached hydrogens (tertiary/aromatic N) is 2. The lowest BCUT2D eigenvalue weighted by atomic mass is 9.81. The second-order valence-corrected chi connectivity index (χ2v) is 21.4. The van der Waals surface area contributed by atoms with Crippen LogP contribution < -0.4 is 4.90 Å². The van der Waals surface area contributed by atoms with Gasteiger partial charge in [0.2, 0.25) is 5.69 Å². The van der Waals surface area contributed by atoms with Gasteiger partial charge in [-0.05, 0) is 86.7 Å². The third kappa shape index (κ3) is 10.3. The van der Waals surface area contributed by atoms with Crippen molar-refractivity contribution in [3.63, 3.8) is 0 Å². The normalized spacial score (nSPS) is 19.8. The first-order chi connectivity index (χ1) is 26.2. The summed E-state index contributed by atoms with van der Waals surface area (Å²) in [4.78, 5) is 1.24. The third-order valence-electron chi connectivity index (χ3n) is 10.3. The molecule has 0 radical (unpaired) electrons. The summed E-state index contributed by atoms with van der Waals surface area (Å²) < 4.78 is 141. The van der Waals surface area contributed by atoms with E-state index in [0.717, 1.165) is 5.71 Å². The molecule has 0 saturated carbocycles. The van der Waals surface area contributed by atoms with Gasteiger partial charge >= 0.3 is 0 Å². The van der Waals surface area contributed by atoms with Crippen LogP contribution in [0.1, 0.15) is 70.9 Å². The van der Waals surface area contributed by atoms with Crippen LogP contribution in [0, 0.1) is 0 Å². The average molecular weight is 889 g/mol. The van der Waals surface area contributed by atoms with E-state index >= 15 is 0 Å². The van der Waals surface area contributed by atoms with Crippen LogP contribution in [0.3, 0.4) is 0 Å². The summed E-state index contributed by atoms with van der Waals surface area (Å²) in [7, 11) is -17.6. The van der Waals surface area contributed by atoms with Crippen molar-refractivity contribution in [1.82, 2.24) is 0 Å². The van der Waals surface area contributed by atoms with Gasteiger partial charge in [0.1, 0.15) is 22.4 Å². The quantitative estimate of drug-likeness (QED) is 0.112. The van der Waals surface area contributed by atoms with E-state index < -0.39 is 62.8 Å². The first-order valence-corrected chi connectivity index (χ1v) is 24.3. The summed E-state index contributed by atoms with van der Waals surface area (Å²) >= 11 is 6.96. The van der Waals surface area contributed by atoms with E-state index in [1.807, 2.05) is 49.3 Å². The smallest absolute Gasteiger partial charge is 0.294 e. The fraction of sp³-hybridized carbons (Fsp3) is 0.432. The second-order valence-electron chi connectivity index (χ2n) is 15.1. The summed E-state index contributed by atoms with van der Waals surface area (Å²) in [5.74, 6) is -0.525. The van der Waals surface area contributed by atoms with Crippen molar-refractivity contribution in [2.24, 2.45) is 0 Å². The summed E-state index contributed by atoms with van der Waals surface area (Å²) in [6, 6.07) is 8.38. The van der Waals surface area contributed by atoms with Gasteiger partial charge in [0.05, 0.1) is 38.4 Å². The molecule has 312 valence electrons. The Labute approximate surface area is 339 Å². The van der Waals surface area contributed by atoms with Crippen molar-refractivity contribution in [3.8, 4) is 0 Å². The highest BCUT2D eigenvalue weighted by molar-refractivity contribution is 7.86. The van der Waals surface area contributed by atoms with Crippen molar-refractivity contribution < 1.29 is 61.2 Å². The van der Waals surface area contributed by atoms with Crippen LogP contribution in [0.25, 0.3) is 0 Å². The number of hydrogen-bond donors (Lipinski definition) is 3. The predicted molar refractivity (Wildman–Crippen MR) is 214 cm³/mol. The zero-order valence-corrected chi connectivity index (χ0v) is 35.7. The lowest BCUT2D eigenvalue weighted by molar-refractivity contribution is -0.438. The molecule has 0 saturated heterocycles. The van der Waals surface area contributed by atoms with E-state index in [4.69, 9.17) is 16.3 Å². The molecule has 0 bridgehead atoms. The monoisotopic (exact) mass is 888 g/mol. The van der Waals surface area contributed by atoms with E-state index in [0.29, 0.717) is 76.9 Å². The van der Waals surface area contributed by atoms with E-state index in [-0.39, 0.29) is 29.2 Å². The number of fused-ring (bicyclic) bond motifs is 2. The number of benzene rings is 2. The van der Waals surface area contributed by atoms with Gasteiger partial charge < -0.3 is 14.2 Å². The molecule has 57 heavy (non-hydrogen) atoms. The minimum atomic E-state index is -4.76. The summed E-state index contributed by atoms with van der Waals surface area (Å²) in [5.41, 5.74) is 3.00. The molecule has 5 rings (SSSR count). The van der Waals surface area contributed by atoms with Crippen LogP contribution in [-0.2, 0) is 56.0 Å². The van der Waals surface area contributed by atoms with Crippen molar-refractivity contribution >= 4 is 69.2 Å². The lowest BCUT2D eigenvalue weighted by Crippen LogP contribution is -2.28. The van der Waals surface area contributed by atoms with E-state index in [9.17, 15) is 51.9 Å². The zero-order chi connectivity index (χ0) is 42.4. The first-order valence-electron chi connectivity index (χ1n) is 17.9. The van der Waals surface area contributed by atoms with E-state index in [1.54, 1.807) is 18.2 Å². The van der Waals surface area contributed by atoms with Crippen LogP contribution in [0.15, 0.2) is 92.6 Å². The van der Waals surface area contributed by atoms with Crippen molar-refractivity contribution in [2.45, 2.75) is 80.4 Å². The summed E-state index contributed by atoms with van der Waals surface area (Å²) in [6.07, 6.45) is 8.60. The molecule has 0 spiro atoms. The molecule has 0 amide bonds. The number of ether oxygens (including phenoxy) is 1. The minimum Gasteiger partial charge on any atom is -0.744 e. The van der Waals surface area contributed by atoms with Crippen molar-refractivity contribution in [1.29, 1.82) is 0 Å². The Morgan fingerprint density at radius 1 is 0.807 bits per heavy atom. The predicted octanol–water partition coefficient (Wildman–Crippen LogP) is 5.58. The Bertz CT molecular complexity index is 2570. The van der Waals surface area contributed by atoms with Gasteiger partial charge in [-0.3, -0.25) is 13.7 Å². The zero-order valence-electron chi connectivity index (χ0n) is 31.7. The Balaban J connectivity index is 1.52. The minimum absolute atomic E-state index is 0.157. The standard InChI is InChI=1S/C37H45ClN2O13S4/c1-36(2)28-23-26(56(47,48)49)10-12-30(28)39(18-5-7-21-54(41,42)43)33(36)15-9-25-17-20-53-32(35(25)38)14-16-34-37(3,4)29-24-27(57(50,51)52)11-13-31(29)40(34)19-6-8-22-55(44,45)46/h9-16,23-24H,5-8,17-22H2,1-4H3,(H3-,41,42,43,44,45,46,47,48,49,50,51,52). The summed E-state index contributed by atoms with van der Waals surface area (Å²) in [5, 5.41) is 0.296. The maximum absolute atomic E-state index is 12.0. The highest BCUT2D eigenvalue weighted by Crippen LogP contribution is 2.49. The molecule has 3 heterocycles. The SMILES string of the molecule is CC1(C)C(=CC=C2OCCC(C=CC3=[N+](CCCCS(=O)(=O)O)c4ccc(S(=O)(=O)O)cc4C3(C)C)=C2Cl)N(CCCCS(=O)(=O)O)c2ccc(S(=O)(=O)[O-])cc21. The molecule has 0 unspecified atom stereocenters. The first kappa shape index (κ1) is 44.7. The lowest BCUT2D eigenvalue weighted by Gasteiger charge is -2.27. The topological polar surface area (TPSA) is 236 Å². The highest BCUT2D eigenvalue weighted by Gasteiger charge is 2.45. The number of hydrogen-bond acceptors (Lipinski definition) is 11. The average Bonchev–Trinajstić information content (AvgIpc) is 3.43. The maximum Gasteiger partial charge on any atom is 0.294 e. The fourth-order valence-corrected chi connectivity index (χ4v) is 9.85. The van der Waals surface area contributed by atoms with Gasteiger partial charge in [-0.15, -0.1) is 0 Å². The second kappa shape index (κ2) is 16.3. The number of anilines is 1. The third-order valence-corrected chi connectivity index (χ3v) is 14.1. The molecule has 0 aliphatic carbocycles. The van der Waals surface area contributed by atoms with Gasteiger partial charge in [0.25, 0.3) is 30.4 Å². The number of rotatable bonds is 15. The molecule has 3 N–H and O–H groups in total. The molecule has 3 aliphatic heterocycles. The highest BCUT2D eigenvalue weighted by atomic mass is 35.5. The fourth-order valence-electron chi connectivity index (χ4n) is 7.43. The van der Waals surface area contributed by atoms with Crippen LogP contribution in [0.5, 0.6) is 0 Å². The molecule has 0 aromatic heterocycles. The van der Waals surface area contributed by atoms with Crippen LogP contribution in [0.4, 0.5) is 11.4 Å². The number of halogens is 1. The number of unbranched alkanes of at least 4 members (excludes halogenated alkanes) is 2. The van der Waals surface area contributed by atoms with E-state index in [1.165, 1.54) is 30.3 Å². The van der Waals surface area contributed by atoms with E-state index in [2.05, 4.69) is 0 Å². The number of allylic oxidation sites excluding steroid dienone is 6. The van der Waals surface area contributed by atoms with Crippen LogP contribution in [0.2, 0.25) is 0 Å².